The molecule has 3 aromatic rings. The lowest BCUT2D eigenvalue weighted by Gasteiger charge is -2.34. The predicted molar refractivity (Wildman–Crippen MR) is 157 cm³/mol. The highest BCUT2D eigenvalue weighted by Gasteiger charge is 2.43. The normalized spacial score (nSPS) is 17.8. The minimum Gasteiger partial charge on any atom is -0.462 e. The van der Waals surface area contributed by atoms with Gasteiger partial charge in [-0.3, -0.25) is 9.78 Å². The van der Waals surface area contributed by atoms with Crippen molar-refractivity contribution in [3.8, 4) is 11.1 Å². The number of fused-ring (bicyclic) bond motifs is 1. The monoisotopic (exact) mass is 554 g/mol. The van der Waals surface area contributed by atoms with Gasteiger partial charge in [0.2, 0.25) is 5.91 Å². The number of urea groups is 1. The molecule has 0 radical (unpaired) electrons. The van der Waals surface area contributed by atoms with E-state index in [9.17, 15) is 14.4 Å². The van der Waals surface area contributed by atoms with Crippen LogP contribution in [-0.4, -0.2) is 46.5 Å². The Morgan fingerprint density at radius 2 is 1.83 bits per heavy atom. The third-order valence-corrected chi connectivity index (χ3v) is 7.65. The van der Waals surface area contributed by atoms with Crippen molar-refractivity contribution >= 4 is 17.9 Å². The van der Waals surface area contributed by atoms with Crippen LogP contribution in [0.2, 0.25) is 0 Å². The van der Waals surface area contributed by atoms with Crippen molar-refractivity contribution in [1.82, 2.24) is 20.5 Å². The van der Waals surface area contributed by atoms with Gasteiger partial charge in [0.25, 0.3) is 0 Å². The number of nitrogens with zero attached hydrogens (tertiary/aromatic N) is 2. The van der Waals surface area contributed by atoms with Crippen molar-refractivity contribution in [2.24, 2.45) is 5.92 Å². The van der Waals surface area contributed by atoms with E-state index in [0.717, 1.165) is 34.2 Å². The number of benzene rings is 2. The highest BCUT2D eigenvalue weighted by molar-refractivity contribution is 5.91. The molecular formula is C33H38N4O4. The first-order chi connectivity index (χ1) is 19.6. The van der Waals surface area contributed by atoms with Gasteiger partial charge in [0, 0.05) is 49.0 Å². The van der Waals surface area contributed by atoms with Crippen molar-refractivity contribution in [2.75, 3.05) is 13.2 Å². The van der Waals surface area contributed by atoms with Crippen LogP contribution in [0, 0.1) is 5.92 Å². The fourth-order valence-electron chi connectivity index (χ4n) is 5.53. The van der Waals surface area contributed by atoms with Gasteiger partial charge in [-0.15, -0.1) is 0 Å². The van der Waals surface area contributed by atoms with Crippen LogP contribution >= 0.6 is 0 Å². The maximum Gasteiger partial charge on any atom is 0.339 e. The maximum absolute atomic E-state index is 13.1. The molecule has 1 unspecified atom stereocenters. The lowest BCUT2D eigenvalue weighted by Crippen LogP contribution is -2.50. The van der Waals surface area contributed by atoms with Gasteiger partial charge < -0.3 is 20.3 Å². The van der Waals surface area contributed by atoms with E-state index in [2.05, 4.69) is 27.8 Å². The average Bonchev–Trinajstić information content (AvgIpc) is 3.76. The molecule has 1 aromatic heterocycles. The van der Waals surface area contributed by atoms with Crippen molar-refractivity contribution in [3.63, 3.8) is 0 Å². The Morgan fingerprint density at radius 3 is 2.56 bits per heavy atom. The molecule has 3 amide bonds. The number of rotatable bonds is 7. The molecule has 214 valence electrons. The number of carbonyl (C=O) groups is 3. The molecule has 8 heteroatoms. The van der Waals surface area contributed by atoms with E-state index in [1.807, 2.05) is 56.0 Å². The molecule has 2 aromatic carbocycles. The Labute approximate surface area is 241 Å². The van der Waals surface area contributed by atoms with E-state index in [1.54, 1.807) is 19.2 Å². The zero-order chi connectivity index (χ0) is 29.1. The first-order valence-corrected chi connectivity index (χ1v) is 14.3. The van der Waals surface area contributed by atoms with Crippen LogP contribution in [0.4, 0.5) is 4.79 Å². The third kappa shape index (κ3) is 6.59. The summed E-state index contributed by atoms with van der Waals surface area (Å²) in [5.41, 5.74) is 6.14. The molecular weight excluding hydrogens is 516 g/mol. The Bertz CT molecular complexity index is 1450. The second-order valence-corrected chi connectivity index (χ2v) is 11.8. The summed E-state index contributed by atoms with van der Waals surface area (Å²) >= 11 is 0. The van der Waals surface area contributed by atoms with Crippen LogP contribution in [0.5, 0.6) is 0 Å². The number of amides is 3. The van der Waals surface area contributed by atoms with E-state index in [0.29, 0.717) is 31.6 Å². The van der Waals surface area contributed by atoms with E-state index < -0.39 is 5.97 Å². The van der Waals surface area contributed by atoms with Gasteiger partial charge in [-0.25, -0.2) is 9.59 Å². The molecule has 5 rings (SSSR count). The van der Waals surface area contributed by atoms with Crippen molar-refractivity contribution < 1.29 is 19.1 Å². The van der Waals surface area contributed by atoms with Gasteiger partial charge in [0.1, 0.15) is 0 Å². The molecule has 8 nitrogen and oxygen atoms in total. The van der Waals surface area contributed by atoms with Crippen LogP contribution < -0.4 is 10.6 Å². The number of hydrogen-bond donors (Lipinski definition) is 2. The number of nitrogens with one attached hydrogen (secondary N) is 2. The van der Waals surface area contributed by atoms with Crippen LogP contribution in [0.3, 0.4) is 0 Å². The minimum absolute atomic E-state index is 0.0155. The Kier molecular flexibility index (Phi) is 8.10. The van der Waals surface area contributed by atoms with Gasteiger partial charge in [-0.1, -0.05) is 42.5 Å². The molecule has 1 saturated carbocycles. The van der Waals surface area contributed by atoms with E-state index in [-0.39, 0.29) is 35.9 Å². The van der Waals surface area contributed by atoms with E-state index in [1.165, 1.54) is 11.8 Å². The predicted octanol–water partition coefficient (Wildman–Crippen LogP) is 5.21. The summed E-state index contributed by atoms with van der Waals surface area (Å²) in [6.45, 7) is 9.33. The SMILES string of the molecule is CCOC(=O)c1cncc(-c2ccc(CNC(=O)C3C[C@H]3c3ccccc3)c3c2CCN(C(=O)NC(C)(C)C)C3)c1. The molecule has 0 saturated heterocycles. The summed E-state index contributed by atoms with van der Waals surface area (Å²) in [6.07, 6.45) is 4.76. The first-order valence-electron chi connectivity index (χ1n) is 14.3. The third-order valence-electron chi connectivity index (χ3n) is 7.65. The Morgan fingerprint density at radius 1 is 1.05 bits per heavy atom. The number of ether oxygens (including phenoxy) is 1. The topological polar surface area (TPSA) is 101 Å². The summed E-state index contributed by atoms with van der Waals surface area (Å²) in [6, 6.07) is 15.9. The molecule has 2 atom stereocenters. The zero-order valence-electron chi connectivity index (χ0n) is 24.2. The average molecular weight is 555 g/mol. The quantitative estimate of drug-likeness (QED) is 0.391. The van der Waals surface area contributed by atoms with Crippen molar-refractivity contribution in [2.45, 2.75) is 65.1 Å². The van der Waals surface area contributed by atoms with Crippen LogP contribution in [0.1, 0.15) is 72.6 Å². The summed E-state index contributed by atoms with van der Waals surface area (Å²) in [5.74, 6) is -0.100. The molecule has 1 fully saturated rings. The summed E-state index contributed by atoms with van der Waals surface area (Å²) in [4.78, 5) is 44.7. The molecule has 2 N–H and O–H groups in total. The van der Waals surface area contributed by atoms with E-state index in [4.69, 9.17) is 4.74 Å². The number of esters is 1. The van der Waals surface area contributed by atoms with Crippen molar-refractivity contribution in [1.29, 1.82) is 0 Å². The summed E-state index contributed by atoms with van der Waals surface area (Å²) in [5, 5.41) is 6.23. The minimum atomic E-state index is -0.408. The number of hydrogen-bond acceptors (Lipinski definition) is 5. The highest BCUT2D eigenvalue weighted by atomic mass is 16.5. The first kappa shape index (κ1) is 28.3. The van der Waals surface area contributed by atoms with Gasteiger partial charge in [-0.05, 0) is 80.3 Å². The maximum atomic E-state index is 13.1. The molecule has 2 aliphatic rings. The fourth-order valence-corrected chi connectivity index (χ4v) is 5.53. The Balaban J connectivity index is 1.40. The highest BCUT2D eigenvalue weighted by Crippen LogP contribution is 2.47. The van der Waals surface area contributed by atoms with Gasteiger partial charge in [0.15, 0.2) is 0 Å². The molecule has 0 bridgehead atoms. The lowest BCUT2D eigenvalue weighted by molar-refractivity contribution is -0.122. The molecule has 1 aliphatic heterocycles. The number of pyridine rings is 1. The number of carbonyl (C=O) groups excluding carboxylic acids is 3. The Hall–Kier alpha value is -4.20. The molecule has 41 heavy (non-hydrogen) atoms. The smallest absolute Gasteiger partial charge is 0.339 e. The molecule has 0 spiro atoms. The van der Waals surface area contributed by atoms with Gasteiger partial charge in [0.05, 0.1) is 12.2 Å². The fraction of sp³-hybridized carbons (Fsp3) is 0.394. The van der Waals surface area contributed by atoms with Gasteiger partial charge >= 0.3 is 12.0 Å². The van der Waals surface area contributed by atoms with Crippen LogP contribution in [0.25, 0.3) is 11.1 Å². The molecule has 2 heterocycles. The van der Waals surface area contributed by atoms with Gasteiger partial charge in [-0.2, -0.15) is 0 Å². The molecule has 1 aliphatic carbocycles. The summed E-state index contributed by atoms with van der Waals surface area (Å²) in [7, 11) is 0. The lowest BCUT2D eigenvalue weighted by atomic mass is 9.87. The van der Waals surface area contributed by atoms with Crippen molar-refractivity contribution in [3.05, 3.63) is 88.7 Å². The second-order valence-electron chi connectivity index (χ2n) is 11.8. The second kappa shape index (κ2) is 11.7. The van der Waals surface area contributed by atoms with E-state index >= 15 is 0 Å². The number of aromatic nitrogens is 1. The van der Waals surface area contributed by atoms with Crippen LogP contribution in [-0.2, 0) is 29.0 Å². The standard InChI is InChI=1S/C33H38N4O4/c1-5-41-31(39)24-15-23(17-34-18-24)25-12-11-22(19-35-30(38)28-16-27(28)21-9-7-6-8-10-21)29-20-37(14-13-26(25)29)32(40)36-33(2,3)4/h6-12,15,17-18,27-28H,5,13-14,16,19-20H2,1-4H3,(H,35,38)(H,36,40)/t27-,28?/m0/s1. The largest absolute Gasteiger partial charge is 0.462 e. The summed E-state index contributed by atoms with van der Waals surface area (Å²) < 4.78 is 5.17. The van der Waals surface area contributed by atoms with Crippen LogP contribution in [0.15, 0.2) is 60.9 Å². The zero-order valence-corrected chi connectivity index (χ0v) is 24.2.